The summed E-state index contributed by atoms with van der Waals surface area (Å²) in [6.45, 7) is 9.24. The normalized spacial score (nSPS) is 15.8. The molecule has 1 saturated heterocycles. The van der Waals surface area contributed by atoms with Crippen LogP contribution in [0.4, 0.5) is 10.5 Å². The molecular weight excluding hydrogens is 418 g/mol. The Bertz CT molecular complexity index is 930. The molecule has 7 heteroatoms. The molecule has 1 N–H and O–H groups in total. The van der Waals surface area contributed by atoms with Crippen molar-refractivity contribution in [2.24, 2.45) is 0 Å². The van der Waals surface area contributed by atoms with E-state index in [9.17, 15) is 9.59 Å². The fourth-order valence-corrected chi connectivity index (χ4v) is 3.72. The number of para-hydroxylation sites is 1. The molecule has 2 aromatic rings. The molecular formula is C26H35N3O4. The molecule has 178 valence electrons. The summed E-state index contributed by atoms with van der Waals surface area (Å²) in [6.07, 6.45) is 1.29. The lowest BCUT2D eigenvalue weighted by Crippen LogP contribution is -2.55. The second-order valence-electron chi connectivity index (χ2n) is 9.81. The van der Waals surface area contributed by atoms with Gasteiger partial charge in [0.15, 0.2) is 0 Å². The number of anilines is 1. The monoisotopic (exact) mass is 453 g/mol. The largest absolute Gasteiger partial charge is 0.457 e. The SMILES string of the molecule is CN(CC(=O)Nc1ccc(Oc2ccccc2)cc1)C1(C)CCN(C(=O)OC(C)(C)C)CC1. The lowest BCUT2D eigenvalue weighted by Gasteiger charge is -2.45. The second-order valence-corrected chi connectivity index (χ2v) is 9.81. The van der Waals surface area contributed by atoms with Crippen molar-refractivity contribution < 1.29 is 19.1 Å². The van der Waals surface area contributed by atoms with Crippen molar-refractivity contribution in [1.82, 2.24) is 9.80 Å². The van der Waals surface area contributed by atoms with Crippen molar-refractivity contribution in [2.75, 3.05) is 32.0 Å². The molecule has 0 bridgehead atoms. The number of amides is 2. The minimum atomic E-state index is -0.501. The summed E-state index contributed by atoms with van der Waals surface area (Å²) < 4.78 is 11.3. The summed E-state index contributed by atoms with van der Waals surface area (Å²) >= 11 is 0. The number of hydrogen-bond donors (Lipinski definition) is 1. The zero-order valence-electron chi connectivity index (χ0n) is 20.3. The Labute approximate surface area is 196 Å². The maximum absolute atomic E-state index is 12.6. The van der Waals surface area contributed by atoms with Gasteiger partial charge in [-0.25, -0.2) is 4.79 Å². The molecule has 0 radical (unpaired) electrons. The van der Waals surface area contributed by atoms with E-state index in [1.807, 2.05) is 82.4 Å². The molecule has 7 nitrogen and oxygen atoms in total. The Balaban J connectivity index is 1.47. The lowest BCUT2D eigenvalue weighted by molar-refractivity contribution is -0.118. The second kappa shape index (κ2) is 10.3. The van der Waals surface area contributed by atoms with E-state index in [4.69, 9.17) is 9.47 Å². The highest BCUT2D eigenvalue weighted by atomic mass is 16.6. The fraction of sp³-hybridized carbons (Fsp3) is 0.462. The third-order valence-electron chi connectivity index (χ3n) is 5.91. The predicted molar refractivity (Wildman–Crippen MR) is 130 cm³/mol. The zero-order chi connectivity index (χ0) is 24.1. The summed E-state index contributed by atoms with van der Waals surface area (Å²) in [4.78, 5) is 28.8. The van der Waals surface area contributed by atoms with Gasteiger partial charge < -0.3 is 19.7 Å². The molecule has 1 aliphatic heterocycles. The van der Waals surface area contributed by atoms with Crippen LogP contribution in [-0.4, -0.2) is 59.6 Å². The molecule has 3 rings (SSSR count). The molecule has 0 atom stereocenters. The van der Waals surface area contributed by atoms with Crippen molar-refractivity contribution in [3.8, 4) is 11.5 Å². The van der Waals surface area contributed by atoms with Crippen LogP contribution in [0.5, 0.6) is 11.5 Å². The number of hydrogen-bond acceptors (Lipinski definition) is 5. The molecule has 2 aromatic carbocycles. The zero-order valence-corrected chi connectivity index (χ0v) is 20.3. The number of ether oxygens (including phenoxy) is 2. The maximum Gasteiger partial charge on any atom is 0.410 e. The summed E-state index contributed by atoms with van der Waals surface area (Å²) in [7, 11) is 1.96. The third-order valence-corrected chi connectivity index (χ3v) is 5.91. The molecule has 1 heterocycles. The number of likely N-dealkylation sites (N-methyl/N-ethyl adjacent to an activating group) is 1. The summed E-state index contributed by atoms with van der Waals surface area (Å²) in [5, 5.41) is 2.95. The average molecular weight is 454 g/mol. The highest BCUT2D eigenvalue weighted by Gasteiger charge is 2.37. The Kier molecular flexibility index (Phi) is 7.64. The minimum absolute atomic E-state index is 0.0787. The lowest BCUT2D eigenvalue weighted by atomic mass is 9.88. The number of carbonyl (C=O) groups excluding carboxylic acids is 2. The smallest absolute Gasteiger partial charge is 0.410 e. The van der Waals surface area contributed by atoms with Gasteiger partial charge in [-0.1, -0.05) is 18.2 Å². The quantitative estimate of drug-likeness (QED) is 0.656. The van der Waals surface area contributed by atoms with E-state index in [2.05, 4.69) is 17.1 Å². The molecule has 0 aromatic heterocycles. The van der Waals surface area contributed by atoms with Crippen LogP contribution in [0, 0.1) is 0 Å². The highest BCUT2D eigenvalue weighted by molar-refractivity contribution is 5.92. The van der Waals surface area contributed by atoms with Gasteiger partial charge in [0.2, 0.25) is 5.91 Å². The first kappa shape index (κ1) is 24.6. The van der Waals surface area contributed by atoms with Gasteiger partial charge in [-0.15, -0.1) is 0 Å². The first-order valence-corrected chi connectivity index (χ1v) is 11.4. The van der Waals surface area contributed by atoms with Crippen LogP contribution in [0.15, 0.2) is 54.6 Å². The van der Waals surface area contributed by atoms with Crippen LogP contribution >= 0.6 is 0 Å². The molecule has 0 unspecified atom stereocenters. The van der Waals surface area contributed by atoms with E-state index < -0.39 is 5.60 Å². The van der Waals surface area contributed by atoms with Gasteiger partial charge in [-0.2, -0.15) is 0 Å². The number of piperidine rings is 1. The predicted octanol–water partition coefficient (Wildman–Crippen LogP) is 5.14. The standard InChI is InChI=1S/C26H35N3O4/c1-25(2,3)33-24(31)29-17-15-26(4,16-18-29)28(5)19-23(30)27-20-11-13-22(14-12-20)32-21-9-7-6-8-10-21/h6-14H,15-19H2,1-5H3,(H,27,30). The van der Waals surface area contributed by atoms with E-state index >= 15 is 0 Å². The number of nitrogens with zero attached hydrogens (tertiary/aromatic N) is 2. The number of likely N-dealkylation sites (tertiary alicyclic amines) is 1. The first-order chi connectivity index (χ1) is 15.5. The molecule has 33 heavy (non-hydrogen) atoms. The van der Waals surface area contributed by atoms with E-state index in [1.54, 1.807) is 4.90 Å². The molecule has 1 aliphatic rings. The summed E-state index contributed by atoms with van der Waals surface area (Å²) in [6, 6.07) is 16.9. The van der Waals surface area contributed by atoms with Gasteiger partial charge in [-0.05, 0) is 84.0 Å². The molecule has 0 spiro atoms. The van der Waals surface area contributed by atoms with Crippen LogP contribution in [-0.2, 0) is 9.53 Å². The highest BCUT2D eigenvalue weighted by Crippen LogP contribution is 2.28. The fourth-order valence-electron chi connectivity index (χ4n) is 3.72. The van der Waals surface area contributed by atoms with Crippen molar-refractivity contribution in [2.45, 2.75) is 51.7 Å². The number of rotatable bonds is 6. The van der Waals surface area contributed by atoms with Gasteiger partial charge in [0.1, 0.15) is 17.1 Å². The van der Waals surface area contributed by atoms with E-state index in [0.29, 0.717) is 18.8 Å². The Hall–Kier alpha value is -3.06. The number of carbonyl (C=O) groups is 2. The van der Waals surface area contributed by atoms with Gasteiger partial charge in [0.25, 0.3) is 0 Å². The third kappa shape index (κ3) is 7.22. The topological polar surface area (TPSA) is 71.1 Å². The molecule has 1 fully saturated rings. The van der Waals surface area contributed by atoms with Crippen molar-refractivity contribution in [3.05, 3.63) is 54.6 Å². The van der Waals surface area contributed by atoms with Gasteiger partial charge in [0.05, 0.1) is 6.54 Å². The van der Waals surface area contributed by atoms with E-state index in [0.717, 1.165) is 24.3 Å². The number of benzene rings is 2. The van der Waals surface area contributed by atoms with Crippen LogP contribution < -0.4 is 10.1 Å². The van der Waals surface area contributed by atoms with Crippen LogP contribution in [0.3, 0.4) is 0 Å². The Morgan fingerprint density at radius 1 is 1.00 bits per heavy atom. The Morgan fingerprint density at radius 3 is 2.15 bits per heavy atom. The van der Waals surface area contributed by atoms with E-state index in [1.165, 1.54) is 0 Å². The summed E-state index contributed by atoms with van der Waals surface area (Å²) in [5.41, 5.74) is 0.0562. The van der Waals surface area contributed by atoms with Crippen molar-refractivity contribution in [3.63, 3.8) is 0 Å². The van der Waals surface area contributed by atoms with Crippen LogP contribution in [0.1, 0.15) is 40.5 Å². The van der Waals surface area contributed by atoms with Crippen LogP contribution in [0.2, 0.25) is 0 Å². The summed E-state index contributed by atoms with van der Waals surface area (Å²) in [5.74, 6) is 1.40. The molecule has 2 amide bonds. The minimum Gasteiger partial charge on any atom is -0.457 e. The molecule has 0 aliphatic carbocycles. The van der Waals surface area contributed by atoms with Crippen molar-refractivity contribution >= 4 is 17.7 Å². The van der Waals surface area contributed by atoms with E-state index in [-0.39, 0.29) is 24.1 Å². The van der Waals surface area contributed by atoms with Crippen molar-refractivity contribution in [1.29, 1.82) is 0 Å². The van der Waals surface area contributed by atoms with Gasteiger partial charge >= 0.3 is 6.09 Å². The first-order valence-electron chi connectivity index (χ1n) is 11.4. The van der Waals surface area contributed by atoms with Crippen LogP contribution in [0.25, 0.3) is 0 Å². The maximum atomic E-state index is 12.6. The number of nitrogens with one attached hydrogen (secondary N) is 1. The Morgan fingerprint density at radius 2 is 1.58 bits per heavy atom. The molecule has 0 saturated carbocycles. The van der Waals surface area contributed by atoms with Gasteiger partial charge in [-0.3, -0.25) is 9.69 Å². The van der Waals surface area contributed by atoms with Gasteiger partial charge in [0, 0.05) is 24.3 Å². The average Bonchev–Trinajstić information content (AvgIpc) is 2.75.